The van der Waals surface area contributed by atoms with E-state index in [0.717, 1.165) is 5.56 Å². The second-order valence-electron chi connectivity index (χ2n) is 5.84. The van der Waals surface area contributed by atoms with Crippen LogP contribution in [0.3, 0.4) is 0 Å². The fourth-order valence-electron chi connectivity index (χ4n) is 2.53. The minimum atomic E-state index is -0.194. The van der Waals surface area contributed by atoms with E-state index in [0.29, 0.717) is 28.6 Å². The van der Waals surface area contributed by atoms with Crippen molar-refractivity contribution in [1.82, 2.24) is 5.16 Å². The van der Waals surface area contributed by atoms with Crippen molar-refractivity contribution in [2.24, 2.45) is 0 Å². The van der Waals surface area contributed by atoms with Gasteiger partial charge in [-0.1, -0.05) is 35.0 Å². The van der Waals surface area contributed by atoms with E-state index in [-0.39, 0.29) is 12.3 Å². The van der Waals surface area contributed by atoms with Crippen LogP contribution in [-0.2, 0) is 11.2 Å². The number of nitrogens with one attached hydrogen (secondary N) is 1. The van der Waals surface area contributed by atoms with Crippen molar-refractivity contribution >= 4 is 11.6 Å². The van der Waals surface area contributed by atoms with Crippen LogP contribution in [0.15, 0.2) is 53.1 Å². The minimum Gasteiger partial charge on any atom is -0.493 e. The van der Waals surface area contributed by atoms with Crippen LogP contribution in [0.1, 0.15) is 11.3 Å². The van der Waals surface area contributed by atoms with Gasteiger partial charge in [-0.2, -0.15) is 0 Å². The summed E-state index contributed by atoms with van der Waals surface area (Å²) in [5, 5.41) is 6.79. The number of hydrogen-bond donors (Lipinski definition) is 1. The molecule has 0 aliphatic rings. The first-order chi connectivity index (χ1) is 12.6. The highest BCUT2D eigenvalue weighted by Gasteiger charge is 2.12. The first-order valence-electron chi connectivity index (χ1n) is 8.13. The molecule has 6 nitrogen and oxygen atoms in total. The lowest BCUT2D eigenvalue weighted by Crippen LogP contribution is -2.14. The maximum absolute atomic E-state index is 12.3. The zero-order valence-corrected chi connectivity index (χ0v) is 14.9. The number of benzene rings is 2. The topological polar surface area (TPSA) is 73.6 Å². The first-order valence-corrected chi connectivity index (χ1v) is 8.13. The average Bonchev–Trinajstić information content (AvgIpc) is 3.10. The van der Waals surface area contributed by atoms with Crippen LogP contribution in [0.2, 0.25) is 0 Å². The molecule has 0 aliphatic heterocycles. The third kappa shape index (κ3) is 4.03. The molecule has 1 amide bonds. The summed E-state index contributed by atoms with van der Waals surface area (Å²) in [6.45, 7) is 2.02. The quantitative estimate of drug-likeness (QED) is 0.729. The average molecular weight is 352 g/mol. The van der Waals surface area contributed by atoms with Crippen molar-refractivity contribution in [3.63, 3.8) is 0 Å². The maximum atomic E-state index is 12.3. The van der Waals surface area contributed by atoms with Crippen LogP contribution in [0.25, 0.3) is 11.3 Å². The van der Waals surface area contributed by atoms with Gasteiger partial charge < -0.3 is 19.3 Å². The van der Waals surface area contributed by atoms with E-state index in [2.05, 4.69) is 10.5 Å². The largest absolute Gasteiger partial charge is 0.493 e. The third-order valence-electron chi connectivity index (χ3n) is 3.90. The Kier molecular flexibility index (Phi) is 5.22. The van der Waals surface area contributed by atoms with Crippen molar-refractivity contribution in [3.8, 4) is 22.8 Å². The molecule has 0 bridgehead atoms. The lowest BCUT2D eigenvalue weighted by Gasteiger charge is -2.10. The smallest absolute Gasteiger partial charge is 0.230 e. The van der Waals surface area contributed by atoms with Gasteiger partial charge in [-0.25, -0.2) is 0 Å². The minimum absolute atomic E-state index is 0.115. The van der Waals surface area contributed by atoms with Crippen LogP contribution in [0, 0.1) is 6.92 Å². The summed E-state index contributed by atoms with van der Waals surface area (Å²) in [5.74, 6) is 1.60. The lowest BCUT2D eigenvalue weighted by atomic mass is 10.1. The van der Waals surface area contributed by atoms with Gasteiger partial charge in [0.25, 0.3) is 0 Å². The van der Waals surface area contributed by atoms with E-state index in [9.17, 15) is 4.79 Å². The monoisotopic (exact) mass is 352 g/mol. The molecule has 3 rings (SSSR count). The highest BCUT2D eigenvalue weighted by atomic mass is 16.5. The molecule has 1 aromatic heterocycles. The number of amides is 1. The molecule has 6 heteroatoms. The number of rotatable bonds is 6. The van der Waals surface area contributed by atoms with Gasteiger partial charge in [0.05, 0.1) is 26.3 Å². The fourth-order valence-corrected chi connectivity index (χ4v) is 2.53. The Morgan fingerprint density at radius 2 is 1.77 bits per heavy atom. The van der Waals surface area contributed by atoms with Crippen molar-refractivity contribution in [3.05, 3.63) is 59.8 Å². The molecule has 0 spiro atoms. The van der Waals surface area contributed by atoms with Gasteiger partial charge in [0.1, 0.15) is 0 Å². The van der Waals surface area contributed by atoms with Crippen molar-refractivity contribution < 1.29 is 18.8 Å². The SMILES string of the molecule is COc1ccc(NC(=O)Cc2cc(-c3ccc(C)cc3)on2)cc1OC. The first kappa shape index (κ1) is 17.5. The summed E-state index contributed by atoms with van der Waals surface area (Å²) in [4.78, 5) is 12.3. The van der Waals surface area contributed by atoms with E-state index in [1.54, 1.807) is 38.5 Å². The predicted molar refractivity (Wildman–Crippen MR) is 98.6 cm³/mol. The lowest BCUT2D eigenvalue weighted by molar-refractivity contribution is -0.115. The van der Waals surface area contributed by atoms with Crippen LogP contribution in [-0.4, -0.2) is 25.3 Å². The molecule has 26 heavy (non-hydrogen) atoms. The Hall–Kier alpha value is -3.28. The number of anilines is 1. The van der Waals surface area contributed by atoms with Crippen LogP contribution >= 0.6 is 0 Å². The van der Waals surface area contributed by atoms with Crippen molar-refractivity contribution in [2.75, 3.05) is 19.5 Å². The second-order valence-corrected chi connectivity index (χ2v) is 5.84. The standard InChI is InChI=1S/C20H20N2O4/c1-13-4-6-14(7-5-13)18-11-16(22-26-18)12-20(23)21-15-8-9-17(24-2)19(10-15)25-3/h4-11H,12H2,1-3H3,(H,21,23). The highest BCUT2D eigenvalue weighted by molar-refractivity contribution is 5.92. The summed E-state index contributed by atoms with van der Waals surface area (Å²) >= 11 is 0. The molecule has 0 saturated heterocycles. The van der Waals surface area contributed by atoms with E-state index in [4.69, 9.17) is 14.0 Å². The van der Waals surface area contributed by atoms with E-state index < -0.39 is 0 Å². The molecule has 0 unspecified atom stereocenters. The van der Waals surface area contributed by atoms with Crippen LogP contribution in [0.4, 0.5) is 5.69 Å². The van der Waals surface area contributed by atoms with Gasteiger partial charge in [0, 0.05) is 23.4 Å². The maximum Gasteiger partial charge on any atom is 0.230 e. The molecule has 134 valence electrons. The van der Waals surface area contributed by atoms with Gasteiger partial charge in [-0.05, 0) is 19.1 Å². The van der Waals surface area contributed by atoms with Gasteiger partial charge in [0.2, 0.25) is 5.91 Å². The summed E-state index contributed by atoms with van der Waals surface area (Å²) in [5.41, 5.74) is 3.28. The summed E-state index contributed by atoms with van der Waals surface area (Å²) in [6.07, 6.45) is 0.115. The van der Waals surface area contributed by atoms with Crippen molar-refractivity contribution in [2.45, 2.75) is 13.3 Å². The number of carbonyl (C=O) groups excluding carboxylic acids is 1. The Morgan fingerprint density at radius 1 is 1.04 bits per heavy atom. The number of aromatic nitrogens is 1. The second kappa shape index (κ2) is 7.74. The van der Waals surface area contributed by atoms with Crippen LogP contribution < -0.4 is 14.8 Å². The number of methoxy groups -OCH3 is 2. The van der Waals surface area contributed by atoms with Gasteiger partial charge >= 0.3 is 0 Å². The van der Waals surface area contributed by atoms with E-state index in [1.807, 2.05) is 31.2 Å². The molecule has 0 aliphatic carbocycles. The van der Waals surface area contributed by atoms with E-state index >= 15 is 0 Å². The molecule has 3 aromatic rings. The van der Waals surface area contributed by atoms with Gasteiger partial charge in [-0.3, -0.25) is 4.79 Å². The number of carbonyl (C=O) groups is 1. The predicted octanol–water partition coefficient (Wildman–Crippen LogP) is 3.85. The van der Waals surface area contributed by atoms with Crippen LogP contribution in [0.5, 0.6) is 11.5 Å². The molecule has 2 aromatic carbocycles. The Bertz CT molecular complexity index is 900. The molecular weight excluding hydrogens is 332 g/mol. The molecule has 1 N–H and O–H groups in total. The number of aryl methyl sites for hydroxylation is 1. The zero-order valence-electron chi connectivity index (χ0n) is 14.9. The Labute approximate surface area is 151 Å². The molecule has 0 radical (unpaired) electrons. The van der Waals surface area contributed by atoms with Gasteiger partial charge in [-0.15, -0.1) is 0 Å². The van der Waals surface area contributed by atoms with Crippen molar-refractivity contribution in [1.29, 1.82) is 0 Å². The summed E-state index contributed by atoms with van der Waals surface area (Å²) in [6, 6.07) is 14.9. The Morgan fingerprint density at radius 3 is 2.46 bits per heavy atom. The molecule has 0 atom stereocenters. The zero-order chi connectivity index (χ0) is 18.5. The third-order valence-corrected chi connectivity index (χ3v) is 3.90. The Balaban J connectivity index is 1.66. The number of hydrogen-bond acceptors (Lipinski definition) is 5. The number of ether oxygens (including phenoxy) is 2. The van der Waals surface area contributed by atoms with Gasteiger partial charge in [0.15, 0.2) is 17.3 Å². The highest BCUT2D eigenvalue weighted by Crippen LogP contribution is 2.29. The fraction of sp³-hybridized carbons (Fsp3) is 0.200. The number of nitrogens with zero attached hydrogens (tertiary/aromatic N) is 1. The van der Waals surface area contributed by atoms with E-state index in [1.165, 1.54) is 5.56 Å². The summed E-state index contributed by atoms with van der Waals surface area (Å²) in [7, 11) is 3.11. The molecular formula is C20H20N2O4. The summed E-state index contributed by atoms with van der Waals surface area (Å²) < 4.78 is 15.8. The molecule has 1 heterocycles. The molecule has 0 saturated carbocycles. The molecule has 0 fully saturated rings. The normalized spacial score (nSPS) is 10.4.